The van der Waals surface area contributed by atoms with Crippen LogP contribution in [0.2, 0.25) is 0 Å². The van der Waals surface area contributed by atoms with E-state index in [1.807, 2.05) is 49.4 Å². The van der Waals surface area contributed by atoms with Crippen LogP contribution >= 0.6 is 15.9 Å². The van der Waals surface area contributed by atoms with Gasteiger partial charge < -0.3 is 16.0 Å². The molecule has 1 aliphatic heterocycles. The Labute approximate surface area is 195 Å². The van der Waals surface area contributed by atoms with Crippen LogP contribution in [0.15, 0.2) is 59.2 Å². The van der Waals surface area contributed by atoms with E-state index in [1.165, 1.54) is 0 Å². The minimum atomic E-state index is -0.270. The van der Waals surface area contributed by atoms with Gasteiger partial charge in [-0.05, 0) is 56.2 Å². The van der Waals surface area contributed by atoms with Gasteiger partial charge in [0.2, 0.25) is 5.91 Å². The summed E-state index contributed by atoms with van der Waals surface area (Å²) in [7, 11) is 0. The van der Waals surface area contributed by atoms with Gasteiger partial charge in [-0.1, -0.05) is 28.1 Å². The maximum atomic E-state index is 12.8. The molecule has 4 rings (SSSR count). The molecule has 1 fully saturated rings. The topological polar surface area (TPSA) is 101 Å². The van der Waals surface area contributed by atoms with E-state index >= 15 is 0 Å². The molecule has 1 unspecified atom stereocenters. The standard InChI is InChI=1S/C24H24BrN5O2/c1-15-20(8-9-21(28-15)16-4-2-6-18(25)12-16)24(32)29-19-7-10-22(27-13-19)30-11-3-5-17(14-30)23(26)31/h2,4,6-10,12-13,17H,3,5,11,14H2,1H3,(H2,26,31)(H,29,32). The van der Waals surface area contributed by atoms with E-state index < -0.39 is 0 Å². The number of hydrogen-bond acceptors (Lipinski definition) is 5. The zero-order valence-corrected chi connectivity index (χ0v) is 19.3. The van der Waals surface area contributed by atoms with Crippen LogP contribution in [0.1, 0.15) is 28.9 Å². The third-order valence-electron chi connectivity index (χ3n) is 5.60. The number of aryl methyl sites for hydroxylation is 1. The Morgan fingerprint density at radius 2 is 2.03 bits per heavy atom. The molecule has 1 aliphatic rings. The van der Waals surface area contributed by atoms with Gasteiger partial charge in [0, 0.05) is 23.1 Å². The highest BCUT2D eigenvalue weighted by Gasteiger charge is 2.24. The van der Waals surface area contributed by atoms with Gasteiger partial charge in [-0.15, -0.1) is 0 Å². The molecule has 8 heteroatoms. The highest BCUT2D eigenvalue weighted by atomic mass is 79.9. The van der Waals surface area contributed by atoms with Crippen LogP contribution in [0.3, 0.4) is 0 Å². The highest BCUT2D eigenvalue weighted by molar-refractivity contribution is 9.10. The van der Waals surface area contributed by atoms with E-state index in [-0.39, 0.29) is 17.7 Å². The van der Waals surface area contributed by atoms with E-state index in [1.54, 1.807) is 12.3 Å². The first kappa shape index (κ1) is 22.0. The summed E-state index contributed by atoms with van der Waals surface area (Å²) in [6.45, 7) is 3.23. The zero-order valence-electron chi connectivity index (χ0n) is 17.7. The Morgan fingerprint density at radius 1 is 1.19 bits per heavy atom. The Bertz CT molecular complexity index is 1150. The second-order valence-corrected chi connectivity index (χ2v) is 8.80. The molecule has 0 bridgehead atoms. The number of nitrogens with one attached hydrogen (secondary N) is 1. The van der Waals surface area contributed by atoms with E-state index in [4.69, 9.17) is 5.73 Å². The number of nitrogens with two attached hydrogens (primary N) is 1. The molecule has 0 saturated carbocycles. The average Bonchev–Trinajstić information content (AvgIpc) is 2.79. The molecular weight excluding hydrogens is 470 g/mol. The van der Waals surface area contributed by atoms with Gasteiger partial charge in [0.1, 0.15) is 5.82 Å². The number of amides is 2. The summed E-state index contributed by atoms with van der Waals surface area (Å²) in [5, 5.41) is 2.88. The number of pyridine rings is 2. The van der Waals surface area contributed by atoms with E-state index in [9.17, 15) is 9.59 Å². The molecule has 2 amide bonds. The van der Waals surface area contributed by atoms with Gasteiger partial charge in [-0.25, -0.2) is 4.98 Å². The maximum Gasteiger partial charge on any atom is 0.257 e. The van der Waals surface area contributed by atoms with Crippen molar-refractivity contribution in [2.24, 2.45) is 11.7 Å². The quantitative estimate of drug-likeness (QED) is 0.555. The summed E-state index contributed by atoms with van der Waals surface area (Å²) < 4.78 is 0.974. The van der Waals surface area contributed by atoms with Crippen LogP contribution < -0.4 is 16.0 Å². The number of primary amides is 1. The largest absolute Gasteiger partial charge is 0.369 e. The van der Waals surface area contributed by atoms with Crippen molar-refractivity contribution >= 4 is 39.2 Å². The number of anilines is 2. The summed E-state index contributed by atoms with van der Waals surface area (Å²) in [4.78, 5) is 35.4. The van der Waals surface area contributed by atoms with Crippen molar-refractivity contribution in [2.45, 2.75) is 19.8 Å². The third kappa shape index (κ3) is 4.96. The first-order chi connectivity index (χ1) is 15.4. The second-order valence-electron chi connectivity index (χ2n) is 7.89. The van der Waals surface area contributed by atoms with Crippen LogP contribution in [-0.4, -0.2) is 34.9 Å². The van der Waals surface area contributed by atoms with Crippen molar-refractivity contribution in [2.75, 3.05) is 23.3 Å². The van der Waals surface area contributed by atoms with Crippen LogP contribution in [0.25, 0.3) is 11.3 Å². The first-order valence-corrected chi connectivity index (χ1v) is 11.3. The predicted octanol–water partition coefficient (Wildman–Crippen LogP) is 4.17. The molecule has 0 aliphatic carbocycles. The van der Waals surface area contributed by atoms with Crippen LogP contribution in [-0.2, 0) is 4.79 Å². The van der Waals surface area contributed by atoms with Gasteiger partial charge in [-0.3, -0.25) is 14.6 Å². The molecular formula is C24H24BrN5O2. The molecule has 0 radical (unpaired) electrons. The van der Waals surface area contributed by atoms with Crippen LogP contribution in [0, 0.1) is 12.8 Å². The lowest BCUT2D eigenvalue weighted by Gasteiger charge is -2.32. The number of halogens is 1. The van der Waals surface area contributed by atoms with Crippen molar-refractivity contribution < 1.29 is 9.59 Å². The van der Waals surface area contributed by atoms with Crippen molar-refractivity contribution in [1.82, 2.24) is 9.97 Å². The van der Waals surface area contributed by atoms with Gasteiger partial charge in [0.15, 0.2) is 0 Å². The van der Waals surface area contributed by atoms with Gasteiger partial charge >= 0.3 is 0 Å². The second kappa shape index (κ2) is 9.48. The zero-order chi connectivity index (χ0) is 22.7. The molecule has 2 aromatic heterocycles. The Morgan fingerprint density at radius 3 is 2.72 bits per heavy atom. The molecule has 1 saturated heterocycles. The van der Waals surface area contributed by atoms with Crippen molar-refractivity contribution in [3.8, 4) is 11.3 Å². The number of rotatable bonds is 5. The molecule has 3 heterocycles. The number of carbonyl (C=O) groups is 2. The molecule has 32 heavy (non-hydrogen) atoms. The molecule has 7 nitrogen and oxygen atoms in total. The van der Waals surface area contributed by atoms with Crippen LogP contribution in [0.4, 0.5) is 11.5 Å². The summed E-state index contributed by atoms with van der Waals surface area (Å²) in [5.41, 5.74) is 9.00. The fourth-order valence-electron chi connectivity index (χ4n) is 3.87. The lowest BCUT2D eigenvalue weighted by atomic mass is 9.97. The number of aromatic nitrogens is 2. The molecule has 3 N–H and O–H groups in total. The summed E-state index contributed by atoms with van der Waals surface area (Å²) in [6.07, 6.45) is 3.34. The Kier molecular flexibility index (Phi) is 6.50. The number of benzene rings is 1. The maximum absolute atomic E-state index is 12.8. The van der Waals surface area contributed by atoms with E-state index in [0.29, 0.717) is 23.5 Å². The van der Waals surface area contributed by atoms with Gasteiger partial charge in [0.05, 0.1) is 34.8 Å². The Hall–Kier alpha value is -3.26. The van der Waals surface area contributed by atoms with Crippen LogP contribution in [0.5, 0.6) is 0 Å². The van der Waals surface area contributed by atoms with Gasteiger partial charge in [0.25, 0.3) is 5.91 Å². The fourth-order valence-corrected chi connectivity index (χ4v) is 4.27. The lowest BCUT2D eigenvalue weighted by Crippen LogP contribution is -2.41. The SMILES string of the molecule is Cc1nc(-c2cccc(Br)c2)ccc1C(=O)Nc1ccc(N2CCCC(C(N)=O)C2)nc1. The monoisotopic (exact) mass is 493 g/mol. The Balaban J connectivity index is 1.44. The molecule has 1 atom stereocenters. The summed E-state index contributed by atoms with van der Waals surface area (Å²) in [6, 6.07) is 15.2. The first-order valence-electron chi connectivity index (χ1n) is 10.5. The molecule has 164 valence electrons. The number of piperidine rings is 1. The van der Waals surface area contributed by atoms with E-state index in [0.717, 1.165) is 40.9 Å². The minimum Gasteiger partial charge on any atom is -0.369 e. The lowest BCUT2D eigenvalue weighted by molar-refractivity contribution is -0.122. The fraction of sp³-hybridized carbons (Fsp3) is 0.250. The number of hydrogen-bond donors (Lipinski definition) is 2. The summed E-state index contributed by atoms with van der Waals surface area (Å²) in [5.74, 6) is 0.108. The summed E-state index contributed by atoms with van der Waals surface area (Å²) >= 11 is 3.47. The number of nitrogens with zero attached hydrogens (tertiary/aromatic N) is 3. The smallest absolute Gasteiger partial charge is 0.257 e. The predicted molar refractivity (Wildman–Crippen MR) is 128 cm³/mol. The molecule has 0 spiro atoms. The van der Waals surface area contributed by atoms with Gasteiger partial charge in [-0.2, -0.15) is 0 Å². The van der Waals surface area contributed by atoms with Crippen molar-refractivity contribution in [3.05, 3.63) is 70.5 Å². The molecule has 1 aromatic carbocycles. The van der Waals surface area contributed by atoms with Crippen molar-refractivity contribution in [1.29, 1.82) is 0 Å². The van der Waals surface area contributed by atoms with Crippen molar-refractivity contribution in [3.63, 3.8) is 0 Å². The third-order valence-corrected chi connectivity index (χ3v) is 6.10. The normalized spacial score (nSPS) is 15.9. The highest BCUT2D eigenvalue weighted by Crippen LogP contribution is 2.24. The molecule has 3 aromatic rings. The average molecular weight is 494 g/mol. The van der Waals surface area contributed by atoms with E-state index in [2.05, 4.69) is 36.1 Å². The number of carbonyl (C=O) groups excluding carboxylic acids is 2. The minimum absolute atomic E-state index is 0.152.